The van der Waals surface area contributed by atoms with E-state index in [0.717, 1.165) is 11.3 Å². The maximum absolute atomic E-state index is 13.1. The highest BCUT2D eigenvalue weighted by molar-refractivity contribution is 5.97. The Morgan fingerprint density at radius 3 is 2.64 bits per heavy atom. The molecule has 1 N–H and O–H groups in total. The van der Waals surface area contributed by atoms with E-state index in [1.165, 1.54) is 0 Å². The fraction of sp³-hybridized carbons (Fsp3) is 0.350. The molecular weight excluding hydrogens is 356 g/mol. The maximum Gasteiger partial charge on any atom is 0.257 e. The molecule has 3 aromatic rings. The molecule has 4 heterocycles. The predicted octanol–water partition coefficient (Wildman–Crippen LogP) is 2.23. The van der Waals surface area contributed by atoms with Crippen LogP contribution < -0.4 is 5.32 Å². The van der Waals surface area contributed by atoms with Gasteiger partial charge in [0, 0.05) is 31.3 Å². The summed E-state index contributed by atoms with van der Waals surface area (Å²) in [5.74, 6) is -0.184. The van der Waals surface area contributed by atoms with Gasteiger partial charge in [0.2, 0.25) is 5.91 Å². The molecule has 4 rings (SSSR count). The van der Waals surface area contributed by atoms with Crippen LogP contribution in [0, 0.1) is 19.8 Å². The zero-order valence-corrected chi connectivity index (χ0v) is 15.9. The van der Waals surface area contributed by atoms with Gasteiger partial charge in [0.15, 0.2) is 5.65 Å². The summed E-state index contributed by atoms with van der Waals surface area (Å²) in [6, 6.07) is 5.42. The molecule has 0 unspecified atom stereocenters. The molecule has 8 nitrogen and oxygen atoms in total. The van der Waals surface area contributed by atoms with Gasteiger partial charge in [-0.25, -0.2) is 9.50 Å². The average Bonchev–Trinajstić information content (AvgIpc) is 3.17. The normalized spacial score (nSPS) is 15.0. The number of hydrogen-bond donors (Lipinski definition) is 1. The first-order valence-corrected chi connectivity index (χ1v) is 9.35. The Hall–Kier alpha value is -3.29. The van der Waals surface area contributed by atoms with Crippen molar-refractivity contribution < 1.29 is 9.59 Å². The molecule has 0 bridgehead atoms. The number of carbonyl (C=O) groups excluding carboxylic acids is 2. The van der Waals surface area contributed by atoms with Crippen molar-refractivity contribution in [3.63, 3.8) is 0 Å². The number of hydrogen-bond acceptors (Lipinski definition) is 5. The van der Waals surface area contributed by atoms with E-state index in [1.807, 2.05) is 26.0 Å². The lowest BCUT2D eigenvalue weighted by Gasteiger charge is -2.32. The summed E-state index contributed by atoms with van der Waals surface area (Å²) in [5, 5.41) is 7.14. The zero-order valence-electron chi connectivity index (χ0n) is 15.9. The van der Waals surface area contributed by atoms with E-state index in [9.17, 15) is 9.59 Å². The topological polar surface area (TPSA) is 92.5 Å². The number of nitrogens with one attached hydrogen (secondary N) is 1. The number of anilines is 1. The molecule has 28 heavy (non-hydrogen) atoms. The SMILES string of the molecule is Cc1nc2ccnn2c(C)c1C(=O)N1CCC(C(=O)Nc2cccnc2)CC1. The summed E-state index contributed by atoms with van der Waals surface area (Å²) < 4.78 is 1.69. The van der Waals surface area contributed by atoms with Gasteiger partial charge in [0.1, 0.15) is 0 Å². The van der Waals surface area contributed by atoms with Crippen LogP contribution in [0.3, 0.4) is 0 Å². The largest absolute Gasteiger partial charge is 0.338 e. The first-order chi connectivity index (χ1) is 13.5. The van der Waals surface area contributed by atoms with Gasteiger partial charge in [-0.3, -0.25) is 14.6 Å². The number of fused-ring (bicyclic) bond motifs is 1. The van der Waals surface area contributed by atoms with Crippen LogP contribution >= 0.6 is 0 Å². The molecule has 0 saturated carbocycles. The van der Waals surface area contributed by atoms with E-state index < -0.39 is 0 Å². The van der Waals surface area contributed by atoms with Gasteiger partial charge < -0.3 is 10.2 Å². The molecule has 1 saturated heterocycles. The van der Waals surface area contributed by atoms with Crippen LogP contribution in [0.25, 0.3) is 5.65 Å². The highest BCUT2D eigenvalue weighted by Gasteiger charge is 2.30. The molecule has 0 aliphatic carbocycles. The van der Waals surface area contributed by atoms with Crippen molar-refractivity contribution in [3.8, 4) is 0 Å². The summed E-state index contributed by atoms with van der Waals surface area (Å²) in [7, 11) is 0. The van der Waals surface area contributed by atoms with E-state index >= 15 is 0 Å². The molecule has 0 spiro atoms. The highest BCUT2D eigenvalue weighted by Crippen LogP contribution is 2.23. The van der Waals surface area contributed by atoms with Crippen LogP contribution in [0.15, 0.2) is 36.8 Å². The van der Waals surface area contributed by atoms with Crippen molar-refractivity contribution in [3.05, 3.63) is 53.7 Å². The van der Waals surface area contributed by atoms with Crippen molar-refractivity contribution in [2.75, 3.05) is 18.4 Å². The number of pyridine rings is 1. The van der Waals surface area contributed by atoms with Gasteiger partial charge in [0.05, 0.1) is 35.0 Å². The standard InChI is InChI=1S/C20H22N6O2/c1-13-18(14(2)26-17(23-13)5-9-22-26)20(28)25-10-6-15(7-11-25)19(27)24-16-4-3-8-21-12-16/h3-5,8-9,12,15H,6-7,10-11H2,1-2H3,(H,24,27). The average molecular weight is 378 g/mol. The maximum atomic E-state index is 13.1. The summed E-state index contributed by atoms with van der Waals surface area (Å²) >= 11 is 0. The molecule has 1 fully saturated rings. The van der Waals surface area contributed by atoms with Crippen LogP contribution in [0.5, 0.6) is 0 Å². The molecule has 1 aliphatic rings. The summed E-state index contributed by atoms with van der Waals surface area (Å²) in [4.78, 5) is 35.9. The van der Waals surface area contributed by atoms with Gasteiger partial charge in [-0.15, -0.1) is 0 Å². The van der Waals surface area contributed by atoms with Crippen LogP contribution in [0.4, 0.5) is 5.69 Å². The fourth-order valence-electron chi connectivity index (χ4n) is 3.73. The van der Waals surface area contributed by atoms with Gasteiger partial charge in [-0.2, -0.15) is 5.10 Å². The predicted molar refractivity (Wildman–Crippen MR) is 104 cm³/mol. The van der Waals surface area contributed by atoms with Crippen LogP contribution in [0.2, 0.25) is 0 Å². The second kappa shape index (κ2) is 7.38. The van der Waals surface area contributed by atoms with Crippen molar-refractivity contribution >= 4 is 23.1 Å². The number of carbonyl (C=O) groups is 2. The minimum atomic E-state index is -0.113. The van der Waals surface area contributed by atoms with Crippen LogP contribution in [-0.4, -0.2) is 49.4 Å². The van der Waals surface area contributed by atoms with Crippen LogP contribution in [0.1, 0.15) is 34.6 Å². The number of likely N-dealkylation sites (tertiary alicyclic amines) is 1. The van der Waals surface area contributed by atoms with Crippen molar-refractivity contribution in [1.82, 2.24) is 24.5 Å². The van der Waals surface area contributed by atoms with Crippen molar-refractivity contribution in [1.29, 1.82) is 0 Å². The van der Waals surface area contributed by atoms with Gasteiger partial charge >= 0.3 is 0 Å². The highest BCUT2D eigenvalue weighted by atomic mass is 16.2. The molecule has 2 amide bonds. The number of aromatic nitrogens is 4. The van der Waals surface area contributed by atoms with Crippen molar-refractivity contribution in [2.45, 2.75) is 26.7 Å². The minimum Gasteiger partial charge on any atom is -0.338 e. The first kappa shape index (κ1) is 18.1. The monoisotopic (exact) mass is 378 g/mol. The molecular formula is C20H22N6O2. The summed E-state index contributed by atoms with van der Waals surface area (Å²) in [5.41, 5.74) is 3.50. The lowest BCUT2D eigenvalue weighted by molar-refractivity contribution is -0.121. The Labute approximate surface area is 162 Å². The Morgan fingerprint density at radius 2 is 1.93 bits per heavy atom. The van der Waals surface area contributed by atoms with Gasteiger partial charge in [-0.1, -0.05) is 0 Å². The Morgan fingerprint density at radius 1 is 1.14 bits per heavy atom. The summed E-state index contributed by atoms with van der Waals surface area (Å²) in [6.45, 7) is 4.82. The third kappa shape index (κ3) is 3.33. The number of nitrogens with zero attached hydrogens (tertiary/aromatic N) is 5. The molecule has 144 valence electrons. The van der Waals surface area contributed by atoms with Gasteiger partial charge in [0.25, 0.3) is 5.91 Å². The van der Waals surface area contributed by atoms with E-state index in [2.05, 4.69) is 20.4 Å². The quantitative estimate of drug-likeness (QED) is 0.754. The lowest BCUT2D eigenvalue weighted by atomic mass is 9.95. The number of aryl methyl sites for hydroxylation is 2. The minimum absolute atomic E-state index is 0.0212. The third-order valence-corrected chi connectivity index (χ3v) is 5.24. The fourth-order valence-corrected chi connectivity index (χ4v) is 3.73. The molecule has 0 atom stereocenters. The number of amides is 2. The van der Waals surface area contributed by atoms with E-state index in [1.54, 1.807) is 34.1 Å². The van der Waals surface area contributed by atoms with E-state index in [-0.39, 0.29) is 17.7 Å². The number of piperidine rings is 1. The molecule has 0 aromatic carbocycles. The van der Waals surface area contributed by atoms with Crippen molar-refractivity contribution in [2.24, 2.45) is 5.92 Å². The second-order valence-electron chi connectivity index (χ2n) is 7.06. The Kier molecular flexibility index (Phi) is 4.77. The third-order valence-electron chi connectivity index (χ3n) is 5.24. The first-order valence-electron chi connectivity index (χ1n) is 9.35. The summed E-state index contributed by atoms with van der Waals surface area (Å²) in [6.07, 6.45) is 6.23. The molecule has 1 aliphatic heterocycles. The Balaban J connectivity index is 1.44. The smallest absolute Gasteiger partial charge is 0.257 e. The van der Waals surface area contributed by atoms with E-state index in [4.69, 9.17) is 0 Å². The molecule has 3 aromatic heterocycles. The number of rotatable bonds is 3. The lowest BCUT2D eigenvalue weighted by Crippen LogP contribution is -2.42. The Bertz CT molecular complexity index is 1020. The second-order valence-corrected chi connectivity index (χ2v) is 7.06. The van der Waals surface area contributed by atoms with E-state index in [0.29, 0.717) is 42.9 Å². The molecule has 8 heteroatoms. The van der Waals surface area contributed by atoms with Crippen LogP contribution in [-0.2, 0) is 4.79 Å². The van der Waals surface area contributed by atoms with Gasteiger partial charge in [-0.05, 0) is 38.8 Å². The zero-order chi connectivity index (χ0) is 19.7. The molecule has 0 radical (unpaired) electrons.